The summed E-state index contributed by atoms with van der Waals surface area (Å²) in [5, 5.41) is 4.00. The van der Waals surface area contributed by atoms with E-state index in [1.165, 1.54) is 0 Å². The smallest absolute Gasteiger partial charge is 0.117 e. The lowest BCUT2D eigenvalue weighted by molar-refractivity contribution is 0.926. The van der Waals surface area contributed by atoms with Gasteiger partial charge in [0.15, 0.2) is 0 Å². The normalized spacial score (nSPS) is 8.91. The molecule has 0 fully saturated rings. The van der Waals surface area contributed by atoms with Gasteiger partial charge in [-0.1, -0.05) is 13.8 Å². The van der Waals surface area contributed by atoms with Crippen LogP contribution in [0.4, 0.5) is 0 Å². The molecule has 11 heavy (non-hydrogen) atoms. The molecule has 0 spiro atoms. The standard InChI is InChI=1S/C6H5N3.C2H6/c1-2-6-4-7-5-9(6)8-3-1;1-2/h1-5H;1-2H3. The fraction of sp³-hybridized carbons (Fsp3) is 0.250. The zero-order valence-electron chi connectivity index (χ0n) is 6.73. The summed E-state index contributed by atoms with van der Waals surface area (Å²) in [4.78, 5) is 3.90. The summed E-state index contributed by atoms with van der Waals surface area (Å²) in [6.07, 6.45) is 5.18. The van der Waals surface area contributed by atoms with Crippen LogP contribution in [0.3, 0.4) is 0 Å². The van der Waals surface area contributed by atoms with Gasteiger partial charge >= 0.3 is 0 Å². The van der Waals surface area contributed by atoms with Crippen LogP contribution in [-0.2, 0) is 0 Å². The summed E-state index contributed by atoms with van der Waals surface area (Å²) in [5.41, 5.74) is 1.03. The van der Waals surface area contributed by atoms with Crippen molar-refractivity contribution in [2.45, 2.75) is 13.8 Å². The van der Waals surface area contributed by atoms with Crippen LogP contribution in [0.5, 0.6) is 0 Å². The molecule has 0 radical (unpaired) electrons. The van der Waals surface area contributed by atoms with Crippen LogP contribution in [0.1, 0.15) is 13.8 Å². The van der Waals surface area contributed by atoms with E-state index < -0.39 is 0 Å². The number of hydrogen-bond acceptors (Lipinski definition) is 2. The van der Waals surface area contributed by atoms with Crippen molar-refractivity contribution >= 4 is 5.52 Å². The number of nitrogens with zero attached hydrogens (tertiary/aromatic N) is 3. The molecule has 0 saturated heterocycles. The van der Waals surface area contributed by atoms with E-state index in [-0.39, 0.29) is 0 Å². The second kappa shape index (κ2) is 3.71. The maximum atomic E-state index is 4.00. The molecule has 0 aromatic carbocycles. The van der Waals surface area contributed by atoms with Gasteiger partial charge in [0, 0.05) is 6.20 Å². The van der Waals surface area contributed by atoms with Gasteiger partial charge in [-0.2, -0.15) is 5.10 Å². The van der Waals surface area contributed by atoms with Crippen LogP contribution in [0.15, 0.2) is 30.9 Å². The van der Waals surface area contributed by atoms with Gasteiger partial charge in [-0.15, -0.1) is 0 Å². The Morgan fingerprint density at radius 3 is 2.91 bits per heavy atom. The Kier molecular flexibility index (Phi) is 2.60. The number of hydrogen-bond donors (Lipinski definition) is 0. The molecule has 0 aliphatic rings. The van der Waals surface area contributed by atoms with E-state index in [1.807, 2.05) is 26.0 Å². The first-order valence-corrected chi connectivity index (χ1v) is 3.70. The van der Waals surface area contributed by atoms with Gasteiger partial charge in [0.1, 0.15) is 6.33 Å². The molecule has 3 nitrogen and oxygen atoms in total. The molecule has 2 aromatic heterocycles. The molecule has 3 heteroatoms. The summed E-state index contributed by atoms with van der Waals surface area (Å²) in [5.74, 6) is 0. The third-order valence-electron chi connectivity index (χ3n) is 1.19. The fourth-order valence-corrected chi connectivity index (χ4v) is 0.766. The van der Waals surface area contributed by atoms with E-state index in [9.17, 15) is 0 Å². The molecule has 0 unspecified atom stereocenters. The average Bonchev–Trinajstić information content (AvgIpc) is 2.55. The largest absolute Gasteiger partial charge is 0.243 e. The van der Waals surface area contributed by atoms with Crippen molar-refractivity contribution in [3.8, 4) is 0 Å². The van der Waals surface area contributed by atoms with Crippen molar-refractivity contribution in [2.75, 3.05) is 0 Å². The topological polar surface area (TPSA) is 30.2 Å². The first-order chi connectivity index (χ1) is 5.47. The Balaban J connectivity index is 0.000000281. The zero-order valence-corrected chi connectivity index (χ0v) is 6.73. The molecule has 0 N–H and O–H groups in total. The molecule has 2 rings (SSSR count). The van der Waals surface area contributed by atoms with Gasteiger partial charge in [0.2, 0.25) is 0 Å². The van der Waals surface area contributed by atoms with E-state index >= 15 is 0 Å². The first-order valence-electron chi connectivity index (χ1n) is 3.70. The number of fused-ring (bicyclic) bond motifs is 1. The fourth-order valence-electron chi connectivity index (χ4n) is 0.766. The van der Waals surface area contributed by atoms with Crippen LogP contribution in [0.2, 0.25) is 0 Å². The van der Waals surface area contributed by atoms with Crippen molar-refractivity contribution in [1.82, 2.24) is 14.6 Å². The molecule has 0 aliphatic heterocycles. The van der Waals surface area contributed by atoms with E-state index in [0.29, 0.717) is 0 Å². The molecule has 0 bridgehead atoms. The van der Waals surface area contributed by atoms with Crippen molar-refractivity contribution in [2.24, 2.45) is 0 Å². The van der Waals surface area contributed by atoms with Crippen LogP contribution < -0.4 is 0 Å². The van der Waals surface area contributed by atoms with Crippen molar-refractivity contribution in [3.05, 3.63) is 30.9 Å². The highest BCUT2D eigenvalue weighted by molar-refractivity contribution is 5.41. The second-order valence-electron chi connectivity index (χ2n) is 1.79. The average molecular weight is 149 g/mol. The van der Waals surface area contributed by atoms with Crippen LogP contribution >= 0.6 is 0 Å². The minimum Gasteiger partial charge on any atom is -0.243 e. The Morgan fingerprint density at radius 2 is 2.18 bits per heavy atom. The molecule has 2 aromatic rings. The molecular weight excluding hydrogens is 138 g/mol. The van der Waals surface area contributed by atoms with Gasteiger partial charge in [0.25, 0.3) is 0 Å². The quantitative estimate of drug-likeness (QED) is 0.571. The SMILES string of the molecule is CC.c1cnn2cncc2c1. The molecule has 58 valence electrons. The summed E-state index contributed by atoms with van der Waals surface area (Å²) in [6, 6.07) is 3.84. The van der Waals surface area contributed by atoms with Crippen LogP contribution in [0.25, 0.3) is 5.52 Å². The lowest BCUT2D eigenvalue weighted by atomic mass is 10.5. The summed E-state index contributed by atoms with van der Waals surface area (Å²) < 4.78 is 1.72. The third-order valence-corrected chi connectivity index (χ3v) is 1.19. The van der Waals surface area contributed by atoms with Gasteiger partial charge in [-0.25, -0.2) is 9.50 Å². The summed E-state index contributed by atoms with van der Waals surface area (Å²) in [7, 11) is 0. The second-order valence-corrected chi connectivity index (χ2v) is 1.79. The van der Waals surface area contributed by atoms with Gasteiger partial charge in [0.05, 0.1) is 11.7 Å². The minimum absolute atomic E-state index is 1.03. The zero-order chi connectivity index (χ0) is 8.10. The van der Waals surface area contributed by atoms with Gasteiger partial charge in [-0.3, -0.25) is 0 Å². The van der Waals surface area contributed by atoms with Crippen LogP contribution in [0, 0.1) is 0 Å². The van der Waals surface area contributed by atoms with E-state index in [0.717, 1.165) is 5.52 Å². The van der Waals surface area contributed by atoms with E-state index in [2.05, 4.69) is 10.1 Å². The number of rotatable bonds is 0. The highest BCUT2D eigenvalue weighted by atomic mass is 15.2. The Bertz CT molecular complexity index is 283. The minimum atomic E-state index is 1.03. The Hall–Kier alpha value is -1.38. The monoisotopic (exact) mass is 149 g/mol. The van der Waals surface area contributed by atoms with Crippen LogP contribution in [-0.4, -0.2) is 14.6 Å². The number of aromatic nitrogens is 3. The number of imidazole rings is 1. The predicted molar refractivity (Wildman–Crippen MR) is 44.3 cm³/mol. The maximum absolute atomic E-state index is 4.00. The predicted octanol–water partition coefficient (Wildman–Crippen LogP) is 1.76. The third kappa shape index (κ3) is 1.55. The van der Waals surface area contributed by atoms with Gasteiger partial charge in [-0.05, 0) is 12.1 Å². The van der Waals surface area contributed by atoms with Gasteiger partial charge < -0.3 is 0 Å². The molecule has 0 aliphatic carbocycles. The first kappa shape index (κ1) is 7.72. The highest BCUT2D eigenvalue weighted by Crippen LogP contribution is 1.95. The summed E-state index contributed by atoms with van der Waals surface area (Å²) >= 11 is 0. The lowest BCUT2D eigenvalue weighted by Crippen LogP contribution is -1.84. The van der Waals surface area contributed by atoms with Crippen molar-refractivity contribution < 1.29 is 0 Å². The molecule has 0 saturated carbocycles. The van der Waals surface area contributed by atoms with Crippen molar-refractivity contribution in [1.29, 1.82) is 0 Å². The van der Waals surface area contributed by atoms with E-state index in [4.69, 9.17) is 0 Å². The Labute approximate surface area is 65.7 Å². The highest BCUT2D eigenvalue weighted by Gasteiger charge is 1.86. The maximum Gasteiger partial charge on any atom is 0.117 e. The summed E-state index contributed by atoms with van der Waals surface area (Å²) in [6.45, 7) is 4.00. The molecular formula is C8H11N3. The Morgan fingerprint density at radius 1 is 1.36 bits per heavy atom. The van der Waals surface area contributed by atoms with E-state index in [1.54, 1.807) is 23.2 Å². The van der Waals surface area contributed by atoms with Crippen molar-refractivity contribution in [3.63, 3.8) is 0 Å². The molecule has 0 atom stereocenters. The molecule has 0 amide bonds. The lowest BCUT2D eigenvalue weighted by Gasteiger charge is -1.85. The molecule has 2 heterocycles.